The molecular formula is C16H25N3O2. The number of nitrogens with zero attached hydrogens (tertiary/aromatic N) is 3. The lowest BCUT2D eigenvalue weighted by atomic mass is 9.84. The van der Waals surface area contributed by atoms with Crippen molar-refractivity contribution in [1.29, 1.82) is 0 Å². The van der Waals surface area contributed by atoms with Gasteiger partial charge >= 0.3 is 0 Å². The van der Waals surface area contributed by atoms with Crippen molar-refractivity contribution in [2.24, 2.45) is 5.11 Å². The maximum absolute atomic E-state index is 10.6. The first kappa shape index (κ1) is 17.5. The average Bonchev–Trinajstić information content (AvgIpc) is 2.45. The molecule has 5 heteroatoms. The number of azide groups is 1. The summed E-state index contributed by atoms with van der Waals surface area (Å²) in [5.74, 6) is 0.523. The van der Waals surface area contributed by atoms with Crippen LogP contribution in [0.5, 0.6) is 0 Å². The maximum Gasteiger partial charge on any atom is 0.105 e. The molecule has 1 aromatic rings. The van der Waals surface area contributed by atoms with Crippen LogP contribution in [0.15, 0.2) is 23.3 Å². The van der Waals surface area contributed by atoms with Crippen LogP contribution in [0.2, 0.25) is 0 Å². The van der Waals surface area contributed by atoms with E-state index in [-0.39, 0.29) is 24.8 Å². The van der Waals surface area contributed by atoms with E-state index in [9.17, 15) is 10.2 Å². The lowest BCUT2D eigenvalue weighted by molar-refractivity contribution is 0.0138. The van der Waals surface area contributed by atoms with Gasteiger partial charge in [-0.3, -0.25) is 0 Å². The van der Waals surface area contributed by atoms with Gasteiger partial charge in [-0.05, 0) is 40.5 Å². The first-order chi connectivity index (χ1) is 9.90. The number of hydrogen-bond donors (Lipinski definition) is 2. The Labute approximate surface area is 126 Å². The fourth-order valence-electron chi connectivity index (χ4n) is 2.54. The van der Waals surface area contributed by atoms with E-state index in [0.717, 1.165) is 16.7 Å². The molecule has 1 rings (SSSR count). The molecule has 21 heavy (non-hydrogen) atoms. The monoisotopic (exact) mass is 291 g/mol. The zero-order valence-electron chi connectivity index (χ0n) is 13.2. The normalized spacial score (nSPS) is 14.1. The van der Waals surface area contributed by atoms with Gasteiger partial charge < -0.3 is 10.2 Å². The highest BCUT2D eigenvalue weighted by Crippen LogP contribution is 2.34. The molecule has 2 atom stereocenters. The zero-order chi connectivity index (χ0) is 16.0. The number of hydrogen-bond acceptors (Lipinski definition) is 3. The molecular weight excluding hydrogens is 266 g/mol. The molecule has 0 aliphatic carbocycles. The number of aliphatic hydroxyl groups excluding tert-OH is 2. The Balaban J connectivity index is 3.15. The van der Waals surface area contributed by atoms with Crippen LogP contribution in [-0.4, -0.2) is 22.9 Å². The molecule has 0 spiro atoms. The van der Waals surface area contributed by atoms with Crippen LogP contribution in [0.3, 0.4) is 0 Å². The highest BCUT2D eigenvalue weighted by atomic mass is 16.3. The average molecular weight is 291 g/mol. The second-order valence-electron chi connectivity index (χ2n) is 5.91. The fraction of sp³-hybridized carbons (Fsp3) is 0.625. The third kappa shape index (κ3) is 4.46. The zero-order valence-corrected chi connectivity index (χ0v) is 13.2. The molecule has 2 N–H and O–H groups in total. The molecule has 0 radical (unpaired) electrons. The standard InChI is InChI=1S/C16H25N3O2/c1-10(2)12-6-5-7-13(11(3)4)15(12)16(21)14(20)8-9-18-19-17/h5-7,10-11,14,16,20-21H,8-9H2,1-4H3. The molecule has 2 unspecified atom stereocenters. The molecule has 0 saturated carbocycles. The first-order valence-electron chi connectivity index (χ1n) is 7.39. The van der Waals surface area contributed by atoms with Gasteiger partial charge in [0.15, 0.2) is 0 Å². The van der Waals surface area contributed by atoms with E-state index >= 15 is 0 Å². The van der Waals surface area contributed by atoms with Crippen molar-refractivity contribution in [2.75, 3.05) is 6.54 Å². The smallest absolute Gasteiger partial charge is 0.105 e. The summed E-state index contributed by atoms with van der Waals surface area (Å²) >= 11 is 0. The Morgan fingerprint density at radius 2 is 1.62 bits per heavy atom. The highest BCUT2D eigenvalue weighted by molar-refractivity contribution is 5.41. The van der Waals surface area contributed by atoms with Gasteiger partial charge in [0, 0.05) is 11.5 Å². The second kappa shape index (κ2) is 8.03. The topological polar surface area (TPSA) is 89.2 Å². The van der Waals surface area contributed by atoms with Crippen molar-refractivity contribution in [3.63, 3.8) is 0 Å². The Kier molecular flexibility index (Phi) is 6.69. The quantitative estimate of drug-likeness (QED) is 0.451. The molecule has 0 aliphatic rings. The molecule has 0 aromatic heterocycles. The molecule has 0 aliphatic heterocycles. The Morgan fingerprint density at radius 3 is 2.05 bits per heavy atom. The van der Waals surface area contributed by atoms with Crippen molar-refractivity contribution in [2.45, 2.75) is 58.2 Å². The third-order valence-electron chi connectivity index (χ3n) is 3.67. The second-order valence-corrected chi connectivity index (χ2v) is 5.91. The van der Waals surface area contributed by atoms with Crippen LogP contribution in [-0.2, 0) is 0 Å². The summed E-state index contributed by atoms with van der Waals surface area (Å²) in [5, 5.41) is 24.2. The lowest BCUT2D eigenvalue weighted by Crippen LogP contribution is -2.22. The Bertz CT molecular complexity index is 482. The van der Waals surface area contributed by atoms with Gasteiger partial charge in [0.05, 0.1) is 6.10 Å². The lowest BCUT2D eigenvalue weighted by Gasteiger charge is -2.26. The van der Waals surface area contributed by atoms with Gasteiger partial charge in [-0.1, -0.05) is 51.0 Å². The van der Waals surface area contributed by atoms with Gasteiger partial charge in [0.2, 0.25) is 0 Å². The van der Waals surface area contributed by atoms with E-state index < -0.39 is 12.2 Å². The van der Waals surface area contributed by atoms with Crippen LogP contribution >= 0.6 is 0 Å². The van der Waals surface area contributed by atoms with Gasteiger partial charge in [-0.15, -0.1) is 0 Å². The summed E-state index contributed by atoms with van der Waals surface area (Å²) in [6.45, 7) is 8.46. The van der Waals surface area contributed by atoms with Crippen LogP contribution in [0, 0.1) is 0 Å². The largest absolute Gasteiger partial charge is 0.390 e. The van der Waals surface area contributed by atoms with Crippen LogP contribution in [0.4, 0.5) is 0 Å². The van der Waals surface area contributed by atoms with Crippen molar-refractivity contribution in [3.8, 4) is 0 Å². The molecule has 0 fully saturated rings. The number of benzene rings is 1. The van der Waals surface area contributed by atoms with E-state index in [4.69, 9.17) is 5.53 Å². The van der Waals surface area contributed by atoms with E-state index in [1.807, 2.05) is 18.2 Å². The Morgan fingerprint density at radius 1 is 1.10 bits per heavy atom. The molecule has 1 aromatic carbocycles. The summed E-state index contributed by atoms with van der Waals surface area (Å²) < 4.78 is 0. The molecule has 0 bridgehead atoms. The SMILES string of the molecule is CC(C)c1cccc(C(C)C)c1C(O)C(O)CCN=[N+]=[N-]. The highest BCUT2D eigenvalue weighted by Gasteiger charge is 2.25. The first-order valence-corrected chi connectivity index (χ1v) is 7.39. The van der Waals surface area contributed by atoms with Gasteiger partial charge in [0.1, 0.15) is 6.10 Å². The van der Waals surface area contributed by atoms with Gasteiger partial charge in [0.25, 0.3) is 0 Å². The fourth-order valence-corrected chi connectivity index (χ4v) is 2.54. The maximum atomic E-state index is 10.6. The minimum absolute atomic E-state index is 0.176. The Hall–Kier alpha value is -1.55. The molecule has 5 nitrogen and oxygen atoms in total. The predicted molar refractivity (Wildman–Crippen MR) is 84.2 cm³/mol. The van der Waals surface area contributed by atoms with Crippen molar-refractivity contribution in [1.82, 2.24) is 0 Å². The minimum Gasteiger partial charge on any atom is -0.390 e. The summed E-state index contributed by atoms with van der Waals surface area (Å²) in [4.78, 5) is 2.66. The van der Waals surface area contributed by atoms with Crippen LogP contribution in [0.1, 0.15) is 68.7 Å². The van der Waals surface area contributed by atoms with Crippen molar-refractivity contribution < 1.29 is 10.2 Å². The summed E-state index contributed by atoms with van der Waals surface area (Å²) in [7, 11) is 0. The van der Waals surface area contributed by atoms with Crippen molar-refractivity contribution in [3.05, 3.63) is 45.3 Å². The minimum atomic E-state index is -0.963. The summed E-state index contributed by atoms with van der Waals surface area (Å²) in [5.41, 5.74) is 11.2. The van der Waals surface area contributed by atoms with Crippen molar-refractivity contribution >= 4 is 0 Å². The van der Waals surface area contributed by atoms with E-state index in [2.05, 4.69) is 37.7 Å². The van der Waals surface area contributed by atoms with Crippen LogP contribution in [0.25, 0.3) is 10.4 Å². The van der Waals surface area contributed by atoms with E-state index in [1.54, 1.807) is 0 Å². The molecule has 0 saturated heterocycles. The van der Waals surface area contributed by atoms with E-state index in [0.29, 0.717) is 0 Å². The van der Waals surface area contributed by atoms with E-state index in [1.165, 1.54) is 0 Å². The predicted octanol–water partition coefficient (Wildman–Crippen LogP) is 4.03. The number of aliphatic hydroxyl groups is 2. The molecule has 0 heterocycles. The summed E-state index contributed by atoms with van der Waals surface area (Å²) in [6, 6.07) is 5.98. The number of rotatable bonds is 7. The third-order valence-corrected chi connectivity index (χ3v) is 3.67. The molecule has 116 valence electrons. The molecule has 0 amide bonds. The van der Waals surface area contributed by atoms with Gasteiger partial charge in [-0.2, -0.15) is 0 Å². The summed E-state index contributed by atoms with van der Waals surface area (Å²) in [6.07, 6.45) is -1.65. The van der Waals surface area contributed by atoms with Crippen LogP contribution < -0.4 is 0 Å². The van der Waals surface area contributed by atoms with Gasteiger partial charge in [-0.25, -0.2) is 0 Å².